The highest BCUT2D eigenvalue weighted by molar-refractivity contribution is 6.52. The minimum Gasteiger partial charge on any atom is -0.454 e. The molecule has 3 rings (SSSR count). The zero-order chi connectivity index (χ0) is 18.7. The van der Waals surface area contributed by atoms with E-state index in [0.29, 0.717) is 16.4 Å². The Kier molecular flexibility index (Phi) is 4.99. The fourth-order valence-electron chi connectivity index (χ4n) is 2.47. The van der Waals surface area contributed by atoms with Crippen LogP contribution in [0.4, 0.5) is 11.4 Å². The molecule has 0 unspecified atom stereocenters. The number of hydrogen-bond acceptors (Lipinski definition) is 5. The average Bonchev–Trinajstić information content (AvgIpc) is 2.87. The number of nitrogens with zero attached hydrogens (tertiary/aromatic N) is 1. The lowest BCUT2D eigenvalue weighted by Gasteiger charge is -2.15. The van der Waals surface area contributed by atoms with Gasteiger partial charge in [-0.1, -0.05) is 35.9 Å². The smallest absolute Gasteiger partial charge is 0.326 e. The van der Waals surface area contributed by atoms with Gasteiger partial charge in [0, 0.05) is 0 Å². The van der Waals surface area contributed by atoms with Crippen LogP contribution in [0.3, 0.4) is 0 Å². The Hall–Kier alpha value is -3.19. The molecule has 2 amide bonds. The van der Waals surface area contributed by atoms with Crippen molar-refractivity contribution >= 4 is 46.5 Å². The van der Waals surface area contributed by atoms with E-state index >= 15 is 0 Å². The summed E-state index contributed by atoms with van der Waals surface area (Å²) >= 11 is 5.92. The monoisotopic (exact) mass is 372 g/mol. The molecule has 0 spiro atoms. The molecular weight excluding hydrogens is 360 g/mol. The van der Waals surface area contributed by atoms with Crippen molar-refractivity contribution in [2.45, 2.75) is 0 Å². The maximum absolute atomic E-state index is 12.0. The SMILES string of the molecule is O=C(COC(=O)CN1C(=O)C(=O)c2ccccc21)Nc1ccccc1Cl. The molecule has 2 aromatic rings. The molecule has 0 radical (unpaired) electrons. The summed E-state index contributed by atoms with van der Waals surface area (Å²) in [5, 5.41) is 2.86. The minimum atomic E-state index is -0.808. The second kappa shape index (κ2) is 7.37. The molecule has 132 valence electrons. The summed E-state index contributed by atoms with van der Waals surface area (Å²) in [5.74, 6) is -2.86. The molecule has 26 heavy (non-hydrogen) atoms. The van der Waals surface area contributed by atoms with Gasteiger partial charge in [0.25, 0.3) is 17.6 Å². The molecule has 7 nitrogen and oxygen atoms in total. The summed E-state index contributed by atoms with van der Waals surface area (Å²) in [6.07, 6.45) is 0. The van der Waals surface area contributed by atoms with Crippen molar-refractivity contribution in [2.24, 2.45) is 0 Å². The number of anilines is 2. The molecule has 0 bridgehead atoms. The van der Waals surface area contributed by atoms with Gasteiger partial charge in [0.1, 0.15) is 6.54 Å². The van der Waals surface area contributed by atoms with Crippen LogP contribution in [-0.2, 0) is 19.1 Å². The van der Waals surface area contributed by atoms with E-state index in [9.17, 15) is 19.2 Å². The van der Waals surface area contributed by atoms with Crippen molar-refractivity contribution in [3.8, 4) is 0 Å². The number of para-hydroxylation sites is 2. The van der Waals surface area contributed by atoms with Crippen LogP contribution in [-0.4, -0.2) is 36.7 Å². The maximum atomic E-state index is 12.0. The standard InChI is InChI=1S/C18H13ClN2O5/c19-12-6-2-3-7-13(12)20-15(22)10-26-16(23)9-21-14-8-4-1-5-11(14)17(24)18(21)25/h1-8H,9-10H2,(H,20,22). The van der Waals surface area contributed by atoms with Crippen LogP contribution in [0.5, 0.6) is 0 Å². The zero-order valence-corrected chi connectivity index (χ0v) is 14.2. The zero-order valence-electron chi connectivity index (χ0n) is 13.4. The Morgan fingerprint density at radius 2 is 1.73 bits per heavy atom. The number of carbonyl (C=O) groups is 4. The van der Waals surface area contributed by atoms with Crippen molar-refractivity contribution in [2.75, 3.05) is 23.4 Å². The first-order valence-corrected chi connectivity index (χ1v) is 8.00. The van der Waals surface area contributed by atoms with E-state index in [1.807, 2.05) is 0 Å². The molecule has 0 aromatic heterocycles. The summed E-state index contributed by atoms with van der Waals surface area (Å²) in [4.78, 5) is 48.7. The van der Waals surface area contributed by atoms with Crippen LogP contribution in [0.1, 0.15) is 10.4 Å². The number of carbonyl (C=O) groups excluding carboxylic acids is 4. The van der Waals surface area contributed by atoms with E-state index in [4.69, 9.17) is 16.3 Å². The third-order valence-corrected chi connectivity index (χ3v) is 4.01. The van der Waals surface area contributed by atoms with Gasteiger partial charge >= 0.3 is 5.97 Å². The summed E-state index contributed by atoms with van der Waals surface area (Å²) in [7, 11) is 0. The van der Waals surface area contributed by atoms with E-state index in [-0.39, 0.29) is 5.56 Å². The molecule has 1 aliphatic rings. The number of nitrogens with one attached hydrogen (secondary N) is 1. The lowest BCUT2D eigenvalue weighted by Crippen LogP contribution is -2.36. The number of ether oxygens (including phenoxy) is 1. The van der Waals surface area contributed by atoms with Gasteiger partial charge in [0.05, 0.1) is 22.0 Å². The Morgan fingerprint density at radius 3 is 2.50 bits per heavy atom. The van der Waals surface area contributed by atoms with Crippen molar-refractivity contribution in [1.29, 1.82) is 0 Å². The third kappa shape index (κ3) is 3.57. The van der Waals surface area contributed by atoms with E-state index < -0.39 is 36.7 Å². The van der Waals surface area contributed by atoms with Crippen molar-refractivity contribution in [3.63, 3.8) is 0 Å². The van der Waals surface area contributed by atoms with Crippen LogP contribution in [0.25, 0.3) is 0 Å². The number of halogens is 1. The molecule has 2 aromatic carbocycles. The Balaban J connectivity index is 1.56. The highest BCUT2D eigenvalue weighted by Gasteiger charge is 2.36. The summed E-state index contributed by atoms with van der Waals surface area (Å²) in [5.41, 5.74) is 0.978. The number of ketones is 1. The molecule has 8 heteroatoms. The van der Waals surface area contributed by atoms with Crippen LogP contribution in [0.15, 0.2) is 48.5 Å². The second-order valence-electron chi connectivity index (χ2n) is 5.43. The number of rotatable bonds is 5. The number of Topliss-reactive ketones (excluding diaryl/α,β-unsaturated/α-hetero) is 1. The molecule has 0 saturated heterocycles. The van der Waals surface area contributed by atoms with Crippen molar-refractivity contribution in [3.05, 3.63) is 59.1 Å². The minimum absolute atomic E-state index is 0.238. The van der Waals surface area contributed by atoms with Crippen LogP contribution < -0.4 is 10.2 Å². The summed E-state index contributed by atoms with van der Waals surface area (Å²) in [6, 6.07) is 13.0. The molecule has 0 aliphatic carbocycles. The first-order chi connectivity index (χ1) is 12.5. The predicted molar refractivity (Wildman–Crippen MR) is 94.2 cm³/mol. The molecule has 1 heterocycles. The normalized spacial score (nSPS) is 12.7. The number of esters is 1. The number of benzene rings is 2. The number of amides is 2. The molecular formula is C18H13ClN2O5. The van der Waals surface area contributed by atoms with Gasteiger partial charge in [-0.2, -0.15) is 0 Å². The second-order valence-corrected chi connectivity index (χ2v) is 5.83. The number of hydrogen-bond donors (Lipinski definition) is 1. The van der Waals surface area contributed by atoms with Gasteiger partial charge in [-0.15, -0.1) is 0 Å². The Bertz CT molecular complexity index is 912. The first kappa shape index (κ1) is 17.6. The fraction of sp³-hybridized carbons (Fsp3) is 0.111. The fourth-order valence-corrected chi connectivity index (χ4v) is 2.66. The lowest BCUT2D eigenvalue weighted by atomic mass is 10.1. The Morgan fingerprint density at radius 1 is 1.04 bits per heavy atom. The van der Waals surface area contributed by atoms with Gasteiger partial charge in [-0.25, -0.2) is 0 Å². The Labute approximate surface area is 153 Å². The molecule has 0 atom stereocenters. The van der Waals surface area contributed by atoms with Crippen LogP contribution in [0.2, 0.25) is 5.02 Å². The third-order valence-electron chi connectivity index (χ3n) is 3.68. The predicted octanol–water partition coefficient (Wildman–Crippen LogP) is 2.05. The first-order valence-electron chi connectivity index (χ1n) is 7.62. The van der Waals surface area contributed by atoms with Gasteiger partial charge in [-0.3, -0.25) is 24.1 Å². The van der Waals surface area contributed by atoms with E-state index in [1.54, 1.807) is 42.5 Å². The van der Waals surface area contributed by atoms with Crippen molar-refractivity contribution < 1.29 is 23.9 Å². The van der Waals surface area contributed by atoms with E-state index in [0.717, 1.165) is 4.90 Å². The maximum Gasteiger partial charge on any atom is 0.326 e. The molecule has 0 saturated carbocycles. The van der Waals surface area contributed by atoms with Crippen LogP contribution >= 0.6 is 11.6 Å². The molecule has 1 aliphatic heterocycles. The number of fused-ring (bicyclic) bond motifs is 1. The van der Waals surface area contributed by atoms with Gasteiger partial charge in [0.15, 0.2) is 6.61 Å². The van der Waals surface area contributed by atoms with Gasteiger partial charge in [0.2, 0.25) is 0 Å². The average molecular weight is 373 g/mol. The summed E-state index contributed by atoms with van der Waals surface area (Å²) in [6.45, 7) is -0.997. The highest BCUT2D eigenvalue weighted by Crippen LogP contribution is 2.28. The van der Waals surface area contributed by atoms with Crippen LogP contribution in [0, 0.1) is 0 Å². The van der Waals surface area contributed by atoms with Crippen molar-refractivity contribution in [1.82, 2.24) is 0 Å². The van der Waals surface area contributed by atoms with E-state index in [2.05, 4.69) is 5.32 Å². The lowest BCUT2D eigenvalue weighted by molar-refractivity contribution is -0.146. The molecule has 0 fully saturated rings. The summed E-state index contributed by atoms with van der Waals surface area (Å²) < 4.78 is 4.88. The topological polar surface area (TPSA) is 92.8 Å². The largest absolute Gasteiger partial charge is 0.454 e. The molecule has 1 N–H and O–H groups in total. The van der Waals surface area contributed by atoms with E-state index in [1.165, 1.54) is 6.07 Å². The van der Waals surface area contributed by atoms with Gasteiger partial charge in [-0.05, 0) is 24.3 Å². The quantitative estimate of drug-likeness (QED) is 0.640. The van der Waals surface area contributed by atoms with Gasteiger partial charge < -0.3 is 10.1 Å². The highest BCUT2D eigenvalue weighted by atomic mass is 35.5.